The van der Waals surface area contributed by atoms with Gasteiger partial charge in [0.25, 0.3) is 0 Å². The van der Waals surface area contributed by atoms with Gasteiger partial charge in [0.05, 0.1) is 22.1 Å². The Labute approximate surface area is 191 Å². The second kappa shape index (κ2) is 10.1. The van der Waals surface area contributed by atoms with Gasteiger partial charge in [0.1, 0.15) is 6.10 Å². The fourth-order valence-corrected chi connectivity index (χ4v) is 4.71. The summed E-state index contributed by atoms with van der Waals surface area (Å²) in [6.07, 6.45) is -1.04. The molecule has 0 radical (unpaired) electrons. The molecule has 1 aliphatic rings. The zero-order valence-electron chi connectivity index (χ0n) is 18.4. The van der Waals surface area contributed by atoms with Crippen molar-refractivity contribution in [2.45, 2.75) is 74.4 Å². The summed E-state index contributed by atoms with van der Waals surface area (Å²) in [5.41, 5.74) is -0.0990. The minimum atomic E-state index is -4.43. The normalized spacial score (nSPS) is 19.3. The molecule has 1 aliphatic carbocycles. The maximum atomic E-state index is 12.6. The Morgan fingerprint density at radius 2 is 1.73 bits per heavy atom. The summed E-state index contributed by atoms with van der Waals surface area (Å²) < 4.78 is 67.9. The van der Waals surface area contributed by atoms with Gasteiger partial charge in [-0.15, -0.1) is 0 Å². The second-order valence-corrected chi connectivity index (χ2v) is 11.0. The van der Waals surface area contributed by atoms with Gasteiger partial charge in [0.2, 0.25) is 11.8 Å². The average molecular weight is 485 g/mol. The summed E-state index contributed by atoms with van der Waals surface area (Å²) in [5.74, 6) is 0.00153. The molecule has 2 aromatic rings. The lowest BCUT2D eigenvalue weighted by Gasteiger charge is -2.29. The third kappa shape index (κ3) is 6.69. The standard InChI is InChI=1S/C23H27F3N2O4S/c1-15(2)33(30,31)20-10-3-16(4-11-20)13-21(29)28-18-6-8-19(9-7-18)32-22-12-5-17(14-27-22)23(24,25)26/h3-5,10-12,14-15,18-19H,6-9,13H2,1-2H3,(H,28,29). The highest BCUT2D eigenvalue weighted by Gasteiger charge is 2.31. The molecule has 1 amide bonds. The van der Waals surface area contributed by atoms with E-state index in [0.29, 0.717) is 25.7 Å². The zero-order chi connectivity index (χ0) is 24.2. The number of rotatable bonds is 7. The lowest BCUT2D eigenvalue weighted by molar-refractivity contribution is -0.137. The number of hydrogen-bond donors (Lipinski definition) is 1. The van der Waals surface area contributed by atoms with Crippen LogP contribution in [-0.4, -0.2) is 36.7 Å². The zero-order valence-corrected chi connectivity index (χ0v) is 19.2. The molecule has 1 N–H and O–H groups in total. The van der Waals surface area contributed by atoms with E-state index in [-0.39, 0.29) is 35.2 Å². The van der Waals surface area contributed by atoms with Crippen LogP contribution in [-0.2, 0) is 27.2 Å². The van der Waals surface area contributed by atoms with E-state index in [0.717, 1.165) is 17.8 Å². The third-order valence-electron chi connectivity index (χ3n) is 5.63. The quantitative estimate of drug-likeness (QED) is 0.632. The molecule has 33 heavy (non-hydrogen) atoms. The number of carbonyl (C=O) groups is 1. The number of pyridine rings is 1. The summed E-state index contributed by atoms with van der Waals surface area (Å²) in [4.78, 5) is 16.4. The molecule has 1 saturated carbocycles. The van der Waals surface area contributed by atoms with Crippen molar-refractivity contribution >= 4 is 15.7 Å². The SMILES string of the molecule is CC(C)S(=O)(=O)c1ccc(CC(=O)NC2CCC(Oc3ccc(C(F)(F)F)cn3)CC2)cc1. The predicted molar refractivity (Wildman–Crippen MR) is 117 cm³/mol. The van der Waals surface area contributed by atoms with Crippen molar-refractivity contribution in [3.63, 3.8) is 0 Å². The molecule has 180 valence electrons. The molecule has 10 heteroatoms. The Balaban J connectivity index is 1.45. The first kappa shape index (κ1) is 25.0. The number of alkyl halides is 3. The molecule has 0 atom stereocenters. The number of aromatic nitrogens is 1. The number of carbonyl (C=O) groups excluding carboxylic acids is 1. The van der Waals surface area contributed by atoms with Crippen molar-refractivity contribution < 1.29 is 31.1 Å². The van der Waals surface area contributed by atoms with E-state index >= 15 is 0 Å². The molecule has 0 spiro atoms. The van der Waals surface area contributed by atoms with Crippen LogP contribution in [0.15, 0.2) is 47.5 Å². The summed E-state index contributed by atoms with van der Waals surface area (Å²) in [7, 11) is -3.35. The van der Waals surface area contributed by atoms with Gasteiger partial charge in [-0.2, -0.15) is 13.2 Å². The first-order chi connectivity index (χ1) is 15.4. The van der Waals surface area contributed by atoms with E-state index in [1.807, 2.05) is 0 Å². The van der Waals surface area contributed by atoms with Crippen LogP contribution >= 0.6 is 0 Å². The van der Waals surface area contributed by atoms with Gasteiger partial charge in [-0.1, -0.05) is 12.1 Å². The minimum absolute atomic E-state index is 0.0153. The Bertz CT molecular complexity index is 1040. The molecule has 0 bridgehead atoms. The van der Waals surface area contributed by atoms with Gasteiger partial charge in [-0.05, 0) is 63.3 Å². The fraction of sp³-hybridized carbons (Fsp3) is 0.478. The van der Waals surface area contributed by atoms with Crippen molar-refractivity contribution in [1.29, 1.82) is 0 Å². The van der Waals surface area contributed by atoms with Gasteiger partial charge < -0.3 is 10.1 Å². The summed E-state index contributed by atoms with van der Waals surface area (Å²) in [5, 5.41) is 2.47. The second-order valence-electron chi connectivity index (χ2n) is 8.46. The van der Waals surface area contributed by atoms with E-state index in [4.69, 9.17) is 4.74 Å². The van der Waals surface area contributed by atoms with E-state index in [2.05, 4.69) is 10.3 Å². The molecule has 1 aromatic carbocycles. The van der Waals surface area contributed by atoms with Crippen LogP contribution in [0.2, 0.25) is 0 Å². The Morgan fingerprint density at radius 3 is 2.24 bits per heavy atom. The minimum Gasteiger partial charge on any atom is -0.474 e. The Morgan fingerprint density at radius 1 is 1.09 bits per heavy atom. The molecule has 1 aromatic heterocycles. The third-order valence-corrected chi connectivity index (χ3v) is 7.80. The molecule has 0 unspecified atom stereocenters. The van der Waals surface area contributed by atoms with E-state index < -0.39 is 26.8 Å². The number of halogens is 3. The topological polar surface area (TPSA) is 85.4 Å². The molecule has 1 heterocycles. The van der Waals surface area contributed by atoms with Crippen LogP contribution in [0.1, 0.15) is 50.7 Å². The van der Waals surface area contributed by atoms with Crippen LogP contribution in [0.5, 0.6) is 5.88 Å². The van der Waals surface area contributed by atoms with E-state index in [9.17, 15) is 26.4 Å². The van der Waals surface area contributed by atoms with Gasteiger partial charge in [0, 0.05) is 18.3 Å². The van der Waals surface area contributed by atoms with Gasteiger partial charge in [0.15, 0.2) is 9.84 Å². The van der Waals surface area contributed by atoms with Crippen LogP contribution in [0.3, 0.4) is 0 Å². The number of benzene rings is 1. The van der Waals surface area contributed by atoms with Crippen molar-refractivity contribution in [3.05, 3.63) is 53.7 Å². The Kier molecular flexibility index (Phi) is 7.66. The number of sulfone groups is 1. The van der Waals surface area contributed by atoms with E-state index in [1.165, 1.54) is 18.2 Å². The molecular formula is C23H27F3N2O4S. The van der Waals surface area contributed by atoms with Gasteiger partial charge in [-0.3, -0.25) is 4.79 Å². The molecule has 6 nitrogen and oxygen atoms in total. The number of hydrogen-bond acceptors (Lipinski definition) is 5. The highest BCUT2D eigenvalue weighted by molar-refractivity contribution is 7.92. The van der Waals surface area contributed by atoms with Crippen LogP contribution in [0.4, 0.5) is 13.2 Å². The van der Waals surface area contributed by atoms with Gasteiger partial charge >= 0.3 is 6.18 Å². The van der Waals surface area contributed by atoms with Crippen LogP contribution in [0, 0.1) is 0 Å². The average Bonchev–Trinajstić information content (AvgIpc) is 2.75. The first-order valence-electron chi connectivity index (χ1n) is 10.8. The molecular weight excluding hydrogens is 457 g/mol. The summed E-state index contributed by atoms with van der Waals surface area (Å²) in [6.45, 7) is 3.24. The number of nitrogens with one attached hydrogen (secondary N) is 1. The highest BCUT2D eigenvalue weighted by Crippen LogP contribution is 2.30. The number of ether oxygens (including phenoxy) is 1. The Hall–Kier alpha value is -2.62. The van der Waals surface area contributed by atoms with E-state index in [1.54, 1.807) is 26.0 Å². The highest BCUT2D eigenvalue weighted by atomic mass is 32.2. The maximum Gasteiger partial charge on any atom is 0.417 e. The smallest absolute Gasteiger partial charge is 0.417 e. The predicted octanol–water partition coefficient (Wildman–Crippen LogP) is 4.33. The van der Waals surface area contributed by atoms with Crippen molar-refractivity contribution in [3.8, 4) is 5.88 Å². The van der Waals surface area contributed by atoms with Crippen molar-refractivity contribution in [2.24, 2.45) is 0 Å². The molecule has 0 saturated heterocycles. The molecule has 0 aliphatic heterocycles. The molecule has 3 rings (SSSR count). The number of nitrogens with zero attached hydrogens (tertiary/aromatic N) is 1. The monoisotopic (exact) mass is 484 g/mol. The number of amides is 1. The fourth-order valence-electron chi connectivity index (χ4n) is 3.65. The van der Waals surface area contributed by atoms with Crippen LogP contribution in [0.25, 0.3) is 0 Å². The lowest BCUT2D eigenvalue weighted by Crippen LogP contribution is -2.40. The maximum absolute atomic E-state index is 12.6. The van der Waals surface area contributed by atoms with Gasteiger partial charge in [-0.25, -0.2) is 13.4 Å². The summed E-state index contributed by atoms with van der Waals surface area (Å²) >= 11 is 0. The summed E-state index contributed by atoms with van der Waals surface area (Å²) in [6, 6.07) is 8.49. The van der Waals surface area contributed by atoms with Crippen LogP contribution < -0.4 is 10.1 Å². The largest absolute Gasteiger partial charge is 0.474 e. The molecule has 1 fully saturated rings. The van der Waals surface area contributed by atoms with Crippen molar-refractivity contribution in [1.82, 2.24) is 10.3 Å². The van der Waals surface area contributed by atoms with Crippen molar-refractivity contribution in [2.75, 3.05) is 0 Å². The lowest BCUT2D eigenvalue weighted by atomic mass is 9.92. The first-order valence-corrected chi connectivity index (χ1v) is 12.3.